The molecule has 19 heavy (non-hydrogen) atoms. The smallest absolute Gasteiger partial charge is 0.243 e. The summed E-state index contributed by atoms with van der Waals surface area (Å²) in [6.45, 7) is 1.55. The molecule has 1 aliphatic rings. The molecular formula is C12H14N2O4S. The van der Waals surface area contributed by atoms with Gasteiger partial charge in [0.05, 0.1) is 11.4 Å². The topological polar surface area (TPSA) is 83.6 Å². The van der Waals surface area contributed by atoms with Crippen molar-refractivity contribution in [2.45, 2.75) is 18.2 Å². The number of carbonyl (C=O) groups is 2. The zero-order chi connectivity index (χ0) is 14.0. The van der Waals surface area contributed by atoms with Crippen LogP contribution in [0.3, 0.4) is 0 Å². The molecule has 0 radical (unpaired) electrons. The quantitative estimate of drug-likeness (QED) is 0.880. The van der Waals surface area contributed by atoms with Gasteiger partial charge in [0.2, 0.25) is 15.9 Å². The third-order valence-corrected chi connectivity index (χ3v) is 4.66. The van der Waals surface area contributed by atoms with Crippen molar-refractivity contribution < 1.29 is 18.0 Å². The lowest BCUT2D eigenvalue weighted by molar-refractivity contribution is -0.116. The summed E-state index contributed by atoms with van der Waals surface area (Å²) in [5, 5.41) is 2.56. The number of carbonyl (C=O) groups excluding carboxylic acids is 2. The van der Waals surface area contributed by atoms with Crippen molar-refractivity contribution in [2.24, 2.45) is 0 Å². The summed E-state index contributed by atoms with van der Waals surface area (Å²) < 4.78 is 25.6. The van der Waals surface area contributed by atoms with Crippen molar-refractivity contribution in [3.8, 4) is 0 Å². The number of amides is 1. The maximum Gasteiger partial charge on any atom is 0.243 e. The van der Waals surface area contributed by atoms with Gasteiger partial charge >= 0.3 is 0 Å². The predicted molar refractivity (Wildman–Crippen MR) is 69.1 cm³/mol. The standard InChI is InChI=1S/C12H14N2O4S/c1-9(15)13-10-2-4-12(5-3-10)19(17,18)14-7-6-11(16)8-14/h2-5H,6-8H2,1H3,(H,13,15). The van der Waals surface area contributed by atoms with Crippen molar-refractivity contribution in [1.82, 2.24) is 4.31 Å². The largest absolute Gasteiger partial charge is 0.326 e. The normalized spacial score (nSPS) is 16.6. The van der Waals surface area contributed by atoms with Gasteiger partial charge in [0.25, 0.3) is 0 Å². The van der Waals surface area contributed by atoms with E-state index < -0.39 is 10.0 Å². The van der Waals surface area contributed by atoms with Gasteiger partial charge in [0, 0.05) is 25.6 Å². The van der Waals surface area contributed by atoms with E-state index in [1.54, 1.807) is 0 Å². The Morgan fingerprint density at radius 2 is 1.89 bits per heavy atom. The molecule has 2 rings (SSSR count). The third-order valence-electron chi connectivity index (χ3n) is 2.81. The average Bonchev–Trinajstić information content (AvgIpc) is 2.76. The molecule has 1 aromatic rings. The van der Waals surface area contributed by atoms with Crippen LogP contribution >= 0.6 is 0 Å². The highest BCUT2D eigenvalue weighted by Gasteiger charge is 2.31. The zero-order valence-corrected chi connectivity index (χ0v) is 11.2. The van der Waals surface area contributed by atoms with E-state index in [4.69, 9.17) is 0 Å². The fourth-order valence-electron chi connectivity index (χ4n) is 1.87. The summed E-state index contributed by atoms with van der Waals surface area (Å²) in [5.74, 6) is -0.292. The van der Waals surface area contributed by atoms with E-state index in [9.17, 15) is 18.0 Å². The number of benzene rings is 1. The van der Waals surface area contributed by atoms with Gasteiger partial charge in [-0.15, -0.1) is 0 Å². The Kier molecular flexibility index (Phi) is 3.68. The summed E-state index contributed by atoms with van der Waals surface area (Å²) in [7, 11) is -3.62. The van der Waals surface area contributed by atoms with Crippen molar-refractivity contribution in [1.29, 1.82) is 0 Å². The molecule has 0 saturated carbocycles. The number of nitrogens with one attached hydrogen (secondary N) is 1. The number of hydrogen-bond donors (Lipinski definition) is 1. The maximum absolute atomic E-state index is 12.2. The van der Waals surface area contributed by atoms with Crippen molar-refractivity contribution in [3.05, 3.63) is 24.3 Å². The van der Waals surface area contributed by atoms with Gasteiger partial charge in [-0.2, -0.15) is 4.31 Å². The molecule has 0 unspecified atom stereocenters. The first kappa shape index (κ1) is 13.7. The Labute approximate surface area is 111 Å². The summed E-state index contributed by atoms with van der Waals surface area (Å²) in [6.07, 6.45) is 0.267. The maximum atomic E-state index is 12.2. The molecule has 1 amide bonds. The van der Waals surface area contributed by atoms with Crippen LogP contribution in [-0.4, -0.2) is 37.5 Å². The molecule has 0 spiro atoms. The van der Waals surface area contributed by atoms with Crippen LogP contribution in [0.15, 0.2) is 29.2 Å². The second-order valence-electron chi connectivity index (χ2n) is 4.33. The molecular weight excluding hydrogens is 268 g/mol. The molecule has 1 N–H and O–H groups in total. The number of ketones is 1. The first-order chi connectivity index (χ1) is 8.89. The molecule has 6 nitrogen and oxygen atoms in total. The minimum Gasteiger partial charge on any atom is -0.326 e. The summed E-state index contributed by atoms with van der Waals surface area (Å²) >= 11 is 0. The highest BCUT2D eigenvalue weighted by atomic mass is 32.2. The van der Waals surface area contributed by atoms with E-state index in [0.29, 0.717) is 5.69 Å². The van der Waals surface area contributed by atoms with Gasteiger partial charge in [-0.05, 0) is 24.3 Å². The van der Waals surface area contributed by atoms with E-state index in [0.717, 1.165) is 0 Å². The third kappa shape index (κ3) is 2.99. The van der Waals surface area contributed by atoms with Crippen molar-refractivity contribution in [2.75, 3.05) is 18.4 Å². The fourth-order valence-corrected chi connectivity index (χ4v) is 3.30. The molecule has 7 heteroatoms. The van der Waals surface area contributed by atoms with Crippen molar-refractivity contribution in [3.63, 3.8) is 0 Å². The highest BCUT2D eigenvalue weighted by molar-refractivity contribution is 7.89. The molecule has 1 aliphatic heterocycles. The highest BCUT2D eigenvalue weighted by Crippen LogP contribution is 2.21. The molecule has 1 aromatic carbocycles. The van der Waals surface area contributed by atoms with Crippen LogP contribution < -0.4 is 5.32 Å². The molecule has 102 valence electrons. The number of sulfonamides is 1. The predicted octanol–water partition coefficient (Wildman–Crippen LogP) is 0.608. The number of anilines is 1. The molecule has 0 aliphatic carbocycles. The van der Waals surface area contributed by atoms with Crippen LogP contribution in [-0.2, 0) is 19.6 Å². The van der Waals surface area contributed by atoms with Crippen molar-refractivity contribution >= 4 is 27.4 Å². The van der Waals surface area contributed by atoms with Crippen LogP contribution in [0.2, 0.25) is 0 Å². The zero-order valence-electron chi connectivity index (χ0n) is 10.4. The summed E-state index contributed by atoms with van der Waals surface area (Å²) in [5.41, 5.74) is 0.531. The van der Waals surface area contributed by atoms with Gasteiger partial charge in [-0.1, -0.05) is 0 Å². The molecule has 1 heterocycles. The van der Waals surface area contributed by atoms with E-state index in [-0.39, 0.29) is 36.1 Å². The minimum atomic E-state index is -3.62. The van der Waals surface area contributed by atoms with Gasteiger partial charge in [0.1, 0.15) is 5.78 Å². The molecule has 1 saturated heterocycles. The Morgan fingerprint density at radius 1 is 1.26 bits per heavy atom. The van der Waals surface area contributed by atoms with E-state index in [1.807, 2.05) is 0 Å². The van der Waals surface area contributed by atoms with E-state index in [2.05, 4.69) is 5.32 Å². The molecule has 0 aromatic heterocycles. The van der Waals surface area contributed by atoms with Crippen LogP contribution in [0.5, 0.6) is 0 Å². The lowest BCUT2D eigenvalue weighted by Gasteiger charge is -2.14. The number of nitrogens with zero attached hydrogens (tertiary/aromatic N) is 1. The first-order valence-corrected chi connectivity index (χ1v) is 7.23. The molecule has 1 fully saturated rings. The molecule has 0 bridgehead atoms. The van der Waals surface area contributed by atoms with E-state index in [1.165, 1.54) is 35.5 Å². The van der Waals surface area contributed by atoms with Gasteiger partial charge in [-0.25, -0.2) is 8.42 Å². The SMILES string of the molecule is CC(=O)Nc1ccc(S(=O)(=O)N2CCC(=O)C2)cc1. The number of hydrogen-bond acceptors (Lipinski definition) is 4. The monoisotopic (exact) mass is 282 g/mol. The van der Waals surface area contributed by atoms with Gasteiger partial charge < -0.3 is 5.32 Å². The van der Waals surface area contributed by atoms with Gasteiger partial charge in [-0.3, -0.25) is 9.59 Å². The Bertz CT molecular complexity index is 607. The average molecular weight is 282 g/mol. The van der Waals surface area contributed by atoms with Crippen LogP contribution in [0.4, 0.5) is 5.69 Å². The Morgan fingerprint density at radius 3 is 2.37 bits per heavy atom. The summed E-state index contributed by atoms with van der Waals surface area (Å²) in [4.78, 5) is 22.1. The second-order valence-corrected chi connectivity index (χ2v) is 6.27. The first-order valence-electron chi connectivity index (χ1n) is 5.79. The van der Waals surface area contributed by atoms with Crippen LogP contribution in [0.1, 0.15) is 13.3 Å². The lowest BCUT2D eigenvalue weighted by Crippen LogP contribution is -2.28. The second kappa shape index (κ2) is 5.10. The summed E-state index contributed by atoms with van der Waals surface area (Å²) in [6, 6.07) is 5.88. The minimum absolute atomic E-state index is 0.0597. The lowest BCUT2D eigenvalue weighted by atomic mass is 10.3. The Hall–Kier alpha value is -1.73. The number of rotatable bonds is 3. The van der Waals surface area contributed by atoms with Crippen LogP contribution in [0, 0.1) is 0 Å². The van der Waals surface area contributed by atoms with Crippen LogP contribution in [0.25, 0.3) is 0 Å². The van der Waals surface area contributed by atoms with E-state index >= 15 is 0 Å². The Balaban J connectivity index is 2.21. The number of Topliss-reactive ketones (excluding diaryl/α,β-unsaturated/α-hetero) is 1. The molecule has 0 atom stereocenters. The fraction of sp³-hybridized carbons (Fsp3) is 0.333. The van der Waals surface area contributed by atoms with Gasteiger partial charge in [0.15, 0.2) is 0 Å².